The lowest BCUT2D eigenvalue weighted by Gasteiger charge is -2.04. The van der Waals surface area contributed by atoms with Gasteiger partial charge in [-0.2, -0.15) is 0 Å². The Morgan fingerprint density at radius 1 is 1.04 bits per heavy atom. The molecule has 3 aromatic rings. The fraction of sp³-hybridized carbons (Fsp3) is 0. The average molecular weight is 425 g/mol. The summed E-state index contributed by atoms with van der Waals surface area (Å²) < 4.78 is 6.15. The van der Waals surface area contributed by atoms with E-state index in [-0.39, 0.29) is 11.3 Å². The van der Waals surface area contributed by atoms with Crippen LogP contribution < -0.4 is 4.74 Å². The SMILES string of the molecule is O=C(Oc1ccc(C=Nc2ccccc2Br)cc1)c1cccc([N+](=O)[O-])c1. The molecular weight excluding hydrogens is 412 g/mol. The number of carbonyl (C=O) groups excluding carboxylic acids is 1. The Morgan fingerprint density at radius 2 is 1.78 bits per heavy atom. The minimum atomic E-state index is -0.659. The van der Waals surface area contributed by atoms with E-state index in [0.29, 0.717) is 5.75 Å². The van der Waals surface area contributed by atoms with Crippen molar-refractivity contribution in [3.8, 4) is 5.75 Å². The molecule has 0 amide bonds. The first-order valence-electron chi connectivity index (χ1n) is 7.88. The molecule has 134 valence electrons. The summed E-state index contributed by atoms with van der Waals surface area (Å²) in [5.74, 6) is -0.321. The van der Waals surface area contributed by atoms with Crippen molar-refractivity contribution in [3.05, 3.63) is 98.5 Å². The second-order valence-electron chi connectivity index (χ2n) is 5.48. The third-order valence-electron chi connectivity index (χ3n) is 3.59. The number of nitro groups is 1. The van der Waals surface area contributed by atoms with E-state index in [1.165, 1.54) is 24.3 Å². The number of para-hydroxylation sites is 1. The smallest absolute Gasteiger partial charge is 0.343 e. The van der Waals surface area contributed by atoms with Crippen LogP contribution in [0.25, 0.3) is 0 Å². The number of nitro benzene ring substituents is 1. The summed E-state index contributed by atoms with van der Waals surface area (Å²) in [6.07, 6.45) is 1.70. The van der Waals surface area contributed by atoms with Crippen LogP contribution >= 0.6 is 15.9 Å². The maximum Gasteiger partial charge on any atom is 0.343 e. The van der Waals surface area contributed by atoms with Crippen LogP contribution in [0, 0.1) is 10.1 Å². The molecule has 0 heterocycles. The number of hydrogen-bond donors (Lipinski definition) is 0. The van der Waals surface area contributed by atoms with Gasteiger partial charge in [-0.1, -0.05) is 18.2 Å². The molecule has 0 fully saturated rings. The maximum absolute atomic E-state index is 12.1. The fourth-order valence-electron chi connectivity index (χ4n) is 2.23. The molecule has 0 unspecified atom stereocenters. The summed E-state index contributed by atoms with van der Waals surface area (Å²) in [5.41, 5.74) is 1.59. The Kier molecular flexibility index (Phi) is 5.73. The Hall–Kier alpha value is -3.32. The number of ether oxygens (including phenoxy) is 1. The van der Waals surface area contributed by atoms with Crippen molar-refractivity contribution in [2.45, 2.75) is 0 Å². The Bertz CT molecular complexity index is 1020. The number of rotatable bonds is 5. The molecule has 0 aliphatic carbocycles. The van der Waals surface area contributed by atoms with Crippen molar-refractivity contribution in [1.82, 2.24) is 0 Å². The van der Waals surface area contributed by atoms with Crippen LogP contribution in [0.15, 0.2) is 82.3 Å². The van der Waals surface area contributed by atoms with Gasteiger partial charge in [0.05, 0.1) is 16.2 Å². The first-order valence-corrected chi connectivity index (χ1v) is 8.67. The van der Waals surface area contributed by atoms with E-state index >= 15 is 0 Å². The molecule has 27 heavy (non-hydrogen) atoms. The first kappa shape index (κ1) is 18.5. The number of non-ortho nitro benzene ring substituents is 1. The lowest BCUT2D eigenvalue weighted by molar-refractivity contribution is -0.384. The summed E-state index contributed by atoms with van der Waals surface area (Å²) in [6, 6.07) is 19.8. The summed E-state index contributed by atoms with van der Waals surface area (Å²) in [7, 11) is 0. The fourth-order valence-corrected chi connectivity index (χ4v) is 2.62. The number of benzene rings is 3. The van der Waals surface area contributed by atoms with Gasteiger partial charge in [0.15, 0.2) is 0 Å². The summed E-state index contributed by atoms with van der Waals surface area (Å²) in [6.45, 7) is 0. The Balaban J connectivity index is 1.69. The van der Waals surface area contributed by atoms with Crippen LogP contribution in [0.4, 0.5) is 11.4 Å². The number of halogens is 1. The van der Waals surface area contributed by atoms with Crippen molar-refractivity contribution in [3.63, 3.8) is 0 Å². The minimum Gasteiger partial charge on any atom is -0.423 e. The number of esters is 1. The van der Waals surface area contributed by atoms with E-state index < -0.39 is 10.9 Å². The highest BCUT2D eigenvalue weighted by Gasteiger charge is 2.13. The second kappa shape index (κ2) is 8.37. The largest absolute Gasteiger partial charge is 0.423 e. The molecule has 0 saturated heterocycles. The molecule has 7 heteroatoms. The topological polar surface area (TPSA) is 81.8 Å². The Morgan fingerprint density at radius 3 is 2.48 bits per heavy atom. The zero-order valence-electron chi connectivity index (χ0n) is 13.9. The lowest BCUT2D eigenvalue weighted by atomic mass is 10.2. The molecular formula is C20H13BrN2O4. The molecule has 0 radical (unpaired) electrons. The van der Waals surface area contributed by atoms with Gasteiger partial charge in [0, 0.05) is 22.8 Å². The highest BCUT2D eigenvalue weighted by atomic mass is 79.9. The quantitative estimate of drug-likeness (QED) is 0.182. The zero-order chi connectivity index (χ0) is 19.2. The molecule has 0 aliphatic rings. The van der Waals surface area contributed by atoms with Crippen molar-refractivity contribution in [2.24, 2.45) is 4.99 Å². The molecule has 0 saturated carbocycles. The molecule has 0 bridgehead atoms. The van der Waals surface area contributed by atoms with Crippen LogP contribution in [-0.2, 0) is 0 Å². The predicted molar refractivity (Wildman–Crippen MR) is 106 cm³/mol. The van der Waals surface area contributed by atoms with E-state index in [2.05, 4.69) is 20.9 Å². The van der Waals surface area contributed by atoms with Crippen molar-refractivity contribution >= 4 is 39.5 Å². The van der Waals surface area contributed by atoms with Crippen LogP contribution in [-0.4, -0.2) is 17.1 Å². The highest BCUT2D eigenvalue weighted by molar-refractivity contribution is 9.10. The van der Waals surface area contributed by atoms with Gasteiger partial charge < -0.3 is 4.74 Å². The van der Waals surface area contributed by atoms with Gasteiger partial charge in [0.2, 0.25) is 0 Å². The number of hydrogen-bond acceptors (Lipinski definition) is 5. The number of carbonyl (C=O) groups is 1. The van der Waals surface area contributed by atoms with E-state index in [0.717, 1.165) is 15.7 Å². The lowest BCUT2D eigenvalue weighted by Crippen LogP contribution is -2.08. The summed E-state index contributed by atoms with van der Waals surface area (Å²) >= 11 is 3.43. The van der Waals surface area contributed by atoms with E-state index in [4.69, 9.17) is 4.74 Å². The van der Waals surface area contributed by atoms with E-state index in [1.54, 1.807) is 30.5 Å². The monoisotopic (exact) mass is 424 g/mol. The van der Waals surface area contributed by atoms with Gasteiger partial charge in [-0.3, -0.25) is 15.1 Å². The third-order valence-corrected chi connectivity index (χ3v) is 4.26. The van der Waals surface area contributed by atoms with Gasteiger partial charge in [-0.15, -0.1) is 0 Å². The van der Waals surface area contributed by atoms with Gasteiger partial charge in [0.25, 0.3) is 5.69 Å². The van der Waals surface area contributed by atoms with Gasteiger partial charge >= 0.3 is 5.97 Å². The molecule has 0 aromatic heterocycles. The molecule has 3 rings (SSSR count). The van der Waals surface area contributed by atoms with Crippen molar-refractivity contribution in [1.29, 1.82) is 0 Å². The van der Waals surface area contributed by atoms with Crippen LogP contribution in [0.1, 0.15) is 15.9 Å². The molecule has 3 aromatic carbocycles. The molecule has 0 atom stereocenters. The maximum atomic E-state index is 12.1. The van der Waals surface area contributed by atoms with Gasteiger partial charge in [-0.05, 0) is 64.0 Å². The van der Waals surface area contributed by atoms with E-state index in [1.807, 2.05) is 24.3 Å². The minimum absolute atomic E-state index is 0.115. The normalized spacial score (nSPS) is 10.7. The average Bonchev–Trinajstić information content (AvgIpc) is 2.68. The van der Waals surface area contributed by atoms with Crippen LogP contribution in [0.5, 0.6) is 5.75 Å². The molecule has 0 spiro atoms. The number of aliphatic imine (C=N–C) groups is 1. The predicted octanol–water partition coefficient (Wildman–Crippen LogP) is 5.33. The highest BCUT2D eigenvalue weighted by Crippen LogP contribution is 2.24. The summed E-state index contributed by atoms with van der Waals surface area (Å²) in [5, 5.41) is 10.8. The summed E-state index contributed by atoms with van der Waals surface area (Å²) in [4.78, 5) is 26.8. The molecule has 0 N–H and O–H groups in total. The van der Waals surface area contributed by atoms with E-state index in [9.17, 15) is 14.9 Å². The Labute approximate surface area is 163 Å². The second-order valence-corrected chi connectivity index (χ2v) is 6.33. The van der Waals surface area contributed by atoms with Gasteiger partial charge in [0.1, 0.15) is 5.75 Å². The molecule has 6 nitrogen and oxygen atoms in total. The zero-order valence-corrected chi connectivity index (χ0v) is 15.5. The third kappa shape index (κ3) is 4.86. The number of nitrogens with zero attached hydrogens (tertiary/aromatic N) is 2. The van der Waals surface area contributed by atoms with Crippen LogP contribution in [0.3, 0.4) is 0 Å². The van der Waals surface area contributed by atoms with Gasteiger partial charge in [-0.25, -0.2) is 4.79 Å². The van der Waals surface area contributed by atoms with Crippen LogP contribution in [0.2, 0.25) is 0 Å². The van der Waals surface area contributed by atoms with Crippen molar-refractivity contribution < 1.29 is 14.5 Å². The standard InChI is InChI=1S/C20H13BrN2O4/c21-18-6-1-2-7-19(18)22-13-14-8-10-17(11-9-14)27-20(24)15-4-3-5-16(12-15)23(25)26/h1-13H. The van der Waals surface area contributed by atoms with Crippen molar-refractivity contribution in [2.75, 3.05) is 0 Å². The molecule has 0 aliphatic heterocycles. The first-order chi connectivity index (χ1) is 13.0.